The van der Waals surface area contributed by atoms with Crippen molar-refractivity contribution in [2.24, 2.45) is 5.92 Å². The first-order chi connectivity index (χ1) is 11.1. The van der Waals surface area contributed by atoms with Gasteiger partial charge in [-0.05, 0) is 18.8 Å². The summed E-state index contributed by atoms with van der Waals surface area (Å²) in [6, 6.07) is 0.201. The number of rotatable bonds is 3. The summed E-state index contributed by atoms with van der Waals surface area (Å²) in [5.41, 5.74) is 0.432. The summed E-state index contributed by atoms with van der Waals surface area (Å²) in [5, 5.41) is 14.0. The fourth-order valence-corrected chi connectivity index (χ4v) is 3.34. The molecule has 1 atom stereocenters. The molecule has 0 aromatic carbocycles. The summed E-state index contributed by atoms with van der Waals surface area (Å²) in [5.74, 6) is -0.234. The summed E-state index contributed by atoms with van der Waals surface area (Å²) in [7, 11) is 0. The molecule has 0 spiro atoms. The highest BCUT2D eigenvalue weighted by atomic mass is 16.2. The van der Waals surface area contributed by atoms with Crippen LogP contribution >= 0.6 is 0 Å². The first-order valence-electron chi connectivity index (χ1n) is 8.61. The molecule has 1 saturated carbocycles. The van der Waals surface area contributed by atoms with E-state index >= 15 is 0 Å². The van der Waals surface area contributed by atoms with Gasteiger partial charge in [-0.3, -0.25) is 9.59 Å². The van der Waals surface area contributed by atoms with Crippen molar-refractivity contribution in [1.82, 2.24) is 25.6 Å². The lowest BCUT2D eigenvalue weighted by atomic mass is 10.0. The van der Waals surface area contributed by atoms with Crippen molar-refractivity contribution < 1.29 is 9.59 Å². The van der Waals surface area contributed by atoms with Crippen molar-refractivity contribution in [3.63, 3.8) is 0 Å². The fourth-order valence-electron chi connectivity index (χ4n) is 3.34. The second-order valence-electron chi connectivity index (χ2n) is 6.95. The van der Waals surface area contributed by atoms with E-state index in [-0.39, 0.29) is 35.3 Å². The zero-order valence-corrected chi connectivity index (χ0v) is 13.8. The number of carbonyl (C=O) groups is 2. The van der Waals surface area contributed by atoms with Crippen molar-refractivity contribution >= 4 is 11.8 Å². The predicted octanol–water partition coefficient (Wildman–Crippen LogP) is 1.50. The van der Waals surface area contributed by atoms with Gasteiger partial charge in [-0.2, -0.15) is 0 Å². The Hall–Kier alpha value is -1.92. The van der Waals surface area contributed by atoms with Crippen LogP contribution in [-0.2, 0) is 6.54 Å². The Morgan fingerprint density at radius 1 is 1.26 bits per heavy atom. The Morgan fingerprint density at radius 2 is 1.96 bits per heavy atom. The van der Waals surface area contributed by atoms with Gasteiger partial charge in [-0.1, -0.05) is 44.7 Å². The Kier molecular flexibility index (Phi) is 4.63. The van der Waals surface area contributed by atoms with Crippen LogP contribution in [0.4, 0.5) is 0 Å². The first-order valence-corrected chi connectivity index (χ1v) is 8.61. The molecule has 0 bridgehead atoms. The van der Waals surface area contributed by atoms with E-state index in [0.29, 0.717) is 12.5 Å². The molecule has 7 nitrogen and oxygen atoms in total. The van der Waals surface area contributed by atoms with Crippen molar-refractivity contribution in [1.29, 1.82) is 0 Å². The van der Waals surface area contributed by atoms with Crippen molar-refractivity contribution in [2.45, 2.75) is 71.0 Å². The zero-order chi connectivity index (χ0) is 16.4. The molecule has 3 rings (SSSR count). The Bertz CT molecular complexity index is 587. The van der Waals surface area contributed by atoms with Gasteiger partial charge in [0.25, 0.3) is 11.8 Å². The van der Waals surface area contributed by atoms with Crippen LogP contribution < -0.4 is 10.6 Å². The van der Waals surface area contributed by atoms with Gasteiger partial charge in [0.15, 0.2) is 11.4 Å². The minimum atomic E-state index is -0.281. The molecule has 2 aliphatic rings. The van der Waals surface area contributed by atoms with Gasteiger partial charge < -0.3 is 10.6 Å². The van der Waals surface area contributed by atoms with Gasteiger partial charge in [0.05, 0.1) is 12.6 Å². The van der Waals surface area contributed by atoms with Crippen LogP contribution in [0.3, 0.4) is 0 Å². The molecule has 0 radical (unpaired) electrons. The number of hydrogen-bond acceptors (Lipinski definition) is 4. The lowest BCUT2D eigenvalue weighted by Gasteiger charge is -2.27. The molecule has 0 saturated heterocycles. The van der Waals surface area contributed by atoms with E-state index in [0.717, 1.165) is 25.7 Å². The van der Waals surface area contributed by atoms with Gasteiger partial charge in [0.2, 0.25) is 0 Å². The van der Waals surface area contributed by atoms with E-state index < -0.39 is 0 Å². The third kappa shape index (κ3) is 3.38. The van der Waals surface area contributed by atoms with Crippen molar-refractivity contribution in [2.75, 3.05) is 0 Å². The summed E-state index contributed by atoms with van der Waals surface area (Å²) < 4.78 is 1.56. The van der Waals surface area contributed by atoms with Crippen LogP contribution in [0.2, 0.25) is 0 Å². The lowest BCUT2D eigenvalue weighted by Crippen LogP contribution is -2.48. The molecular weight excluding hydrogens is 294 g/mol. The molecule has 7 heteroatoms. The summed E-state index contributed by atoms with van der Waals surface area (Å²) >= 11 is 0. The highest BCUT2D eigenvalue weighted by Crippen LogP contribution is 2.19. The summed E-state index contributed by atoms with van der Waals surface area (Å²) in [6.07, 6.45) is 6.73. The molecule has 126 valence electrons. The molecule has 2 amide bonds. The molecule has 1 fully saturated rings. The predicted molar refractivity (Wildman–Crippen MR) is 85.1 cm³/mol. The highest BCUT2D eigenvalue weighted by Gasteiger charge is 2.33. The van der Waals surface area contributed by atoms with Crippen LogP contribution in [-0.4, -0.2) is 38.9 Å². The fraction of sp³-hybridized carbons (Fsp3) is 0.750. The number of nitrogens with one attached hydrogen (secondary N) is 2. The molecule has 1 aliphatic carbocycles. The van der Waals surface area contributed by atoms with Crippen LogP contribution in [0.25, 0.3) is 0 Å². The van der Waals surface area contributed by atoms with Gasteiger partial charge >= 0.3 is 0 Å². The molecule has 0 unspecified atom stereocenters. The monoisotopic (exact) mass is 319 g/mol. The van der Waals surface area contributed by atoms with Crippen LogP contribution in [0.5, 0.6) is 0 Å². The maximum atomic E-state index is 12.5. The van der Waals surface area contributed by atoms with Crippen molar-refractivity contribution in [3.8, 4) is 0 Å². The molecule has 2 heterocycles. The van der Waals surface area contributed by atoms with E-state index in [1.165, 1.54) is 12.8 Å². The highest BCUT2D eigenvalue weighted by molar-refractivity contribution is 6.05. The summed E-state index contributed by atoms with van der Waals surface area (Å²) in [6.45, 7) is 4.65. The van der Waals surface area contributed by atoms with E-state index in [1.807, 2.05) is 13.8 Å². The topological polar surface area (TPSA) is 88.9 Å². The molecule has 2 N–H and O–H groups in total. The van der Waals surface area contributed by atoms with Crippen LogP contribution in [0, 0.1) is 5.92 Å². The van der Waals surface area contributed by atoms with Gasteiger partial charge in [0.1, 0.15) is 0 Å². The van der Waals surface area contributed by atoms with E-state index in [2.05, 4.69) is 20.9 Å². The summed E-state index contributed by atoms with van der Waals surface area (Å²) in [4.78, 5) is 24.9. The number of aromatic nitrogens is 3. The smallest absolute Gasteiger partial charge is 0.274 e. The molecule has 23 heavy (non-hydrogen) atoms. The number of fused-ring (bicyclic) bond motifs is 1. The number of nitrogens with zero attached hydrogens (tertiary/aromatic N) is 3. The van der Waals surface area contributed by atoms with Gasteiger partial charge in [0, 0.05) is 6.04 Å². The van der Waals surface area contributed by atoms with E-state index in [1.54, 1.807) is 4.68 Å². The van der Waals surface area contributed by atoms with Crippen LogP contribution in [0.1, 0.15) is 73.3 Å². The minimum Gasteiger partial charge on any atom is -0.348 e. The number of amides is 2. The lowest BCUT2D eigenvalue weighted by molar-refractivity contribution is 0.0857. The number of carbonyl (C=O) groups excluding carboxylic acids is 2. The number of hydrogen-bond donors (Lipinski definition) is 2. The van der Waals surface area contributed by atoms with Gasteiger partial charge in [-0.15, -0.1) is 5.10 Å². The molecule has 1 aromatic heterocycles. The Labute approximate surface area is 136 Å². The normalized spacial score (nSPS) is 22.4. The largest absolute Gasteiger partial charge is 0.348 e. The van der Waals surface area contributed by atoms with Crippen LogP contribution in [0.15, 0.2) is 0 Å². The first kappa shape index (κ1) is 16.0. The third-order valence-electron chi connectivity index (χ3n) is 4.85. The molecular formula is C16H25N5O2. The zero-order valence-electron chi connectivity index (χ0n) is 13.8. The Balaban J connectivity index is 1.74. The SMILES string of the molecule is CC(C)[C@H]1Cn2nnc(C(=O)NC3CCCCCC3)c2C(=O)N1. The van der Waals surface area contributed by atoms with E-state index in [9.17, 15) is 9.59 Å². The standard InChI is InChI=1S/C16H25N5O2/c1-10(2)12-9-21-14(16(23)18-12)13(19-20-21)15(22)17-11-7-5-3-4-6-8-11/h10-12H,3-9H2,1-2H3,(H,17,22)(H,18,23)/t12-/m1/s1. The molecule has 1 aromatic rings. The minimum absolute atomic E-state index is 0.0227. The maximum Gasteiger partial charge on any atom is 0.274 e. The van der Waals surface area contributed by atoms with Gasteiger partial charge in [-0.25, -0.2) is 4.68 Å². The average molecular weight is 319 g/mol. The van der Waals surface area contributed by atoms with Crippen molar-refractivity contribution in [3.05, 3.63) is 11.4 Å². The maximum absolute atomic E-state index is 12.5. The second-order valence-corrected chi connectivity index (χ2v) is 6.95. The quantitative estimate of drug-likeness (QED) is 0.826. The molecule has 1 aliphatic heterocycles. The average Bonchev–Trinajstić information content (AvgIpc) is 2.79. The third-order valence-corrected chi connectivity index (χ3v) is 4.85. The second kappa shape index (κ2) is 6.68. The Morgan fingerprint density at radius 3 is 2.61 bits per heavy atom. The van der Waals surface area contributed by atoms with E-state index in [4.69, 9.17) is 0 Å².